The quantitative estimate of drug-likeness (QED) is 0.894. The molecule has 0 bridgehead atoms. The van der Waals surface area contributed by atoms with Crippen molar-refractivity contribution in [3.8, 4) is 0 Å². The first-order valence-electron chi connectivity index (χ1n) is 7.57. The lowest BCUT2D eigenvalue weighted by Crippen LogP contribution is -2.41. The third-order valence-electron chi connectivity index (χ3n) is 3.10. The van der Waals surface area contributed by atoms with E-state index in [4.69, 9.17) is 11.6 Å². The summed E-state index contributed by atoms with van der Waals surface area (Å²) in [5.74, 6) is -0.677. The lowest BCUT2D eigenvalue weighted by molar-refractivity contribution is 0.0914. The molecular weight excluding hydrogens is 326 g/mol. The summed E-state index contributed by atoms with van der Waals surface area (Å²) < 4.78 is 0. The van der Waals surface area contributed by atoms with Crippen molar-refractivity contribution in [3.05, 3.63) is 64.4 Å². The molecule has 0 saturated heterocycles. The Labute approximate surface area is 146 Å². The van der Waals surface area contributed by atoms with Gasteiger partial charge < -0.3 is 10.6 Å². The second-order valence-corrected chi connectivity index (χ2v) is 6.79. The summed E-state index contributed by atoms with van der Waals surface area (Å²) in [5.41, 5.74) is 0.828. The molecule has 0 atom stereocenters. The second-order valence-electron chi connectivity index (χ2n) is 6.39. The van der Waals surface area contributed by atoms with Gasteiger partial charge in [-0.3, -0.25) is 9.59 Å². The number of carbonyl (C=O) groups excluding carboxylic acids is 2. The maximum atomic E-state index is 12.2. The van der Waals surface area contributed by atoms with E-state index in [1.807, 2.05) is 39.0 Å². The maximum absolute atomic E-state index is 12.2. The highest BCUT2D eigenvalue weighted by molar-refractivity contribution is 6.31. The van der Waals surface area contributed by atoms with Gasteiger partial charge in [-0.25, -0.2) is 4.98 Å². The fourth-order valence-corrected chi connectivity index (χ4v) is 2.20. The fraction of sp³-hybridized carbons (Fsp3) is 0.278. The number of aromatic nitrogens is 1. The lowest BCUT2D eigenvalue weighted by Gasteiger charge is -2.20. The standard InChI is InChI=1S/C18H20ClN3O2/c1-18(2,3)22-17(24)15-10-6-9-14(21-15)16(23)20-11-12-7-4-5-8-13(12)19/h4-10H,11H2,1-3H3,(H,20,23)(H,22,24). The van der Waals surface area contributed by atoms with E-state index < -0.39 is 0 Å². The molecule has 0 unspecified atom stereocenters. The van der Waals surface area contributed by atoms with Crippen molar-refractivity contribution in [1.29, 1.82) is 0 Å². The highest BCUT2D eigenvalue weighted by Crippen LogP contribution is 2.14. The molecule has 0 spiro atoms. The molecular formula is C18H20ClN3O2. The van der Waals surface area contributed by atoms with Gasteiger partial charge in [-0.15, -0.1) is 0 Å². The van der Waals surface area contributed by atoms with Crippen LogP contribution in [0.15, 0.2) is 42.5 Å². The summed E-state index contributed by atoms with van der Waals surface area (Å²) >= 11 is 6.06. The third kappa shape index (κ3) is 5.06. The van der Waals surface area contributed by atoms with Crippen LogP contribution in [0.1, 0.15) is 47.3 Å². The minimum atomic E-state index is -0.374. The molecule has 2 aromatic rings. The number of pyridine rings is 1. The summed E-state index contributed by atoms with van der Waals surface area (Å²) in [7, 11) is 0. The summed E-state index contributed by atoms with van der Waals surface area (Å²) in [6.45, 7) is 5.93. The van der Waals surface area contributed by atoms with Crippen LogP contribution in [0.5, 0.6) is 0 Å². The maximum Gasteiger partial charge on any atom is 0.270 e. The molecule has 0 aliphatic carbocycles. The van der Waals surface area contributed by atoms with Gasteiger partial charge in [0.1, 0.15) is 11.4 Å². The Morgan fingerprint density at radius 1 is 1.00 bits per heavy atom. The van der Waals surface area contributed by atoms with Crippen molar-refractivity contribution >= 4 is 23.4 Å². The summed E-state index contributed by atoms with van der Waals surface area (Å²) in [6, 6.07) is 12.0. The van der Waals surface area contributed by atoms with Gasteiger partial charge in [-0.1, -0.05) is 35.9 Å². The van der Waals surface area contributed by atoms with Crippen molar-refractivity contribution in [2.45, 2.75) is 32.9 Å². The second kappa shape index (κ2) is 7.45. The fourth-order valence-electron chi connectivity index (χ4n) is 2.00. The molecule has 0 aliphatic heterocycles. The van der Waals surface area contributed by atoms with Crippen molar-refractivity contribution in [1.82, 2.24) is 15.6 Å². The molecule has 24 heavy (non-hydrogen) atoms. The zero-order chi connectivity index (χ0) is 17.7. The summed E-state index contributed by atoms with van der Waals surface area (Å²) in [5, 5.41) is 6.16. The van der Waals surface area contributed by atoms with E-state index in [1.165, 1.54) is 0 Å². The highest BCUT2D eigenvalue weighted by atomic mass is 35.5. The van der Waals surface area contributed by atoms with Gasteiger partial charge in [0.15, 0.2) is 0 Å². The number of benzene rings is 1. The molecule has 126 valence electrons. The van der Waals surface area contributed by atoms with Gasteiger partial charge in [0.05, 0.1) is 0 Å². The van der Waals surface area contributed by atoms with Crippen molar-refractivity contribution in [3.63, 3.8) is 0 Å². The lowest BCUT2D eigenvalue weighted by atomic mass is 10.1. The number of nitrogens with one attached hydrogen (secondary N) is 2. The Bertz CT molecular complexity index is 754. The van der Waals surface area contributed by atoms with E-state index >= 15 is 0 Å². The SMILES string of the molecule is CC(C)(C)NC(=O)c1cccc(C(=O)NCc2ccccc2Cl)n1. The Kier molecular flexibility index (Phi) is 5.57. The first-order chi connectivity index (χ1) is 11.3. The van der Waals surface area contributed by atoms with Crippen LogP contribution >= 0.6 is 11.6 Å². The Morgan fingerprint density at radius 2 is 1.62 bits per heavy atom. The van der Waals surface area contributed by atoms with Gasteiger partial charge in [0, 0.05) is 17.1 Å². The predicted molar refractivity (Wildman–Crippen MR) is 94.1 cm³/mol. The first-order valence-corrected chi connectivity index (χ1v) is 7.95. The minimum absolute atomic E-state index is 0.184. The van der Waals surface area contributed by atoms with E-state index in [0.717, 1.165) is 5.56 Å². The van der Waals surface area contributed by atoms with Crippen LogP contribution in [0, 0.1) is 0 Å². The molecule has 5 nitrogen and oxygen atoms in total. The number of nitrogens with zero attached hydrogens (tertiary/aromatic N) is 1. The normalized spacial score (nSPS) is 11.0. The molecule has 2 rings (SSSR count). The number of hydrogen-bond donors (Lipinski definition) is 2. The molecule has 2 amide bonds. The number of hydrogen-bond acceptors (Lipinski definition) is 3. The van der Waals surface area contributed by atoms with Crippen LogP contribution < -0.4 is 10.6 Å². The number of amides is 2. The van der Waals surface area contributed by atoms with Gasteiger partial charge in [-0.2, -0.15) is 0 Å². The van der Waals surface area contributed by atoms with Gasteiger partial charge in [0.25, 0.3) is 11.8 Å². The first kappa shape index (κ1) is 17.9. The van der Waals surface area contributed by atoms with Gasteiger partial charge >= 0.3 is 0 Å². The highest BCUT2D eigenvalue weighted by Gasteiger charge is 2.17. The van der Waals surface area contributed by atoms with Crippen LogP contribution in [0.2, 0.25) is 5.02 Å². The van der Waals surface area contributed by atoms with Crippen LogP contribution in [0.4, 0.5) is 0 Å². The third-order valence-corrected chi connectivity index (χ3v) is 3.47. The van der Waals surface area contributed by atoms with E-state index in [0.29, 0.717) is 11.6 Å². The van der Waals surface area contributed by atoms with Gasteiger partial charge in [0.2, 0.25) is 0 Å². The smallest absolute Gasteiger partial charge is 0.270 e. The van der Waals surface area contributed by atoms with Crippen LogP contribution in [0.25, 0.3) is 0 Å². The van der Waals surface area contributed by atoms with E-state index in [9.17, 15) is 9.59 Å². The molecule has 0 saturated carbocycles. The van der Waals surface area contributed by atoms with Crippen molar-refractivity contribution < 1.29 is 9.59 Å². The van der Waals surface area contributed by atoms with E-state index in [-0.39, 0.29) is 28.7 Å². The molecule has 1 aromatic carbocycles. The molecule has 1 heterocycles. The summed E-state index contributed by atoms with van der Waals surface area (Å²) in [6.07, 6.45) is 0. The van der Waals surface area contributed by atoms with Crippen molar-refractivity contribution in [2.75, 3.05) is 0 Å². The zero-order valence-corrected chi connectivity index (χ0v) is 14.6. The van der Waals surface area contributed by atoms with Crippen LogP contribution in [0.3, 0.4) is 0 Å². The Hall–Kier alpha value is -2.40. The number of halogens is 1. The monoisotopic (exact) mass is 345 g/mol. The largest absolute Gasteiger partial charge is 0.347 e. The van der Waals surface area contributed by atoms with Crippen LogP contribution in [-0.4, -0.2) is 22.3 Å². The molecule has 0 fully saturated rings. The number of rotatable bonds is 4. The zero-order valence-electron chi connectivity index (χ0n) is 13.9. The molecule has 0 aliphatic rings. The Morgan fingerprint density at radius 3 is 2.25 bits per heavy atom. The molecule has 0 radical (unpaired) electrons. The Balaban J connectivity index is 2.06. The summed E-state index contributed by atoms with van der Waals surface area (Å²) in [4.78, 5) is 28.5. The van der Waals surface area contributed by atoms with Gasteiger partial charge in [-0.05, 0) is 44.5 Å². The van der Waals surface area contributed by atoms with E-state index in [1.54, 1.807) is 24.3 Å². The number of carbonyl (C=O) groups is 2. The molecule has 6 heteroatoms. The average molecular weight is 346 g/mol. The minimum Gasteiger partial charge on any atom is -0.347 e. The predicted octanol–water partition coefficient (Wildman–Crippen LogP) is 3.19. The van der Waals surface area contributed by atoms with Crippen molar-refractivity contribution in [2.24, 2.45) is 0 Å². The average Bonchev–Trinajstić information content (AvgIpc) is 2.52. The molecule has 2 N–H and O–H groups in total. The molecule has 1 aromatic heterocycles. The topological polar surface area (TPSA) is 71.1 Å². The van der Waals surface area contributed by atoms with E-state index in [2.05, 4.69) is 15.6 Å². The van der Waals surface area contributed by atoms with Crippen LogP contribution in [-0.2, 0) is 6.54 Å².